The van der Waals surface area contributed by atoms with Gasteiger partial charge < -0.3 is 14.7 Å². The molecule has 1 unspecified atom stereocenters. The maximum atomic E-state index is 12.6. The number of nitrogens with zero attached hydrogens (tertiary/aromatic N) is 1. The van der Waals surface area contributed by atoms with Crippen molar-refractivity contribution in [3.05, 3.63) is 34.9 Å². The number of fused-ring (bicyclic) bond motifs is 1. The molecule has 1 aromatic carbocycles. The van der Waals surface area contributed by atoms with E-state index in [1.807, 2.05) is 23.1 Å². The van der Waals surface area contributed by atoms with Crippen LogP contribution in [0.15, 0.2) is 18.2 Å². The predicted molar refractivity (Wildman–Crippen MR) is 78.2 cm³/mol. The minimum atomic E-state index is -0.682. The molecule has 0 aromatic heterocycles. The Kier molecular flexibility index (Phi) is 3.01. The first-order valence-corrected chi connectivity index (χ1v) is 7.81. The Balaban J connectivity index is 1.43. The first-order chi connectivity index (χ1) is 10.6. The molecule has 4 rings (SSSR count). The molecule has 5 nitrogen and oxygen atoms in total. The Morgan fingerprint density at radius 3 is 2.59 bits per heavy atom. The van der Waals surface area contributed by atoms with Crippen molar-refractivity contribution in [2.75, 3.05) is 13.1 Å². The molecule has 0 radical (unpaired) electrons. The van der Waals surface area contributed by atoms with Crippen molar-refractivity contribution in [1.29, 1.82) is 0 Å². The lowest BCUT2D eigenvalue weighted by Gasteiger charge is -2.32. The van der Waals surface area contributed by atoms with E-state index in [-0.39, 0.29) is 17.2 Å². The second-order valence-electron chi connectivity index (χ2n) is 6.73. The van der Waals surface area contributed by atoms with Crippen LogP contribution >= 0.6 is 0 Å². The molecule has 1 aliphatic carbocycles. The van der Waals surface area contributed by atoms with Crippen LogP contribution in [0.25, 0.3) is 0 Å². The lowest BCUT2D eigenvalue weighted by Crippen LogP contribution is -2.40. The smallest absolute Gasteiger partial charge is 0.307 e. The fraction of sp³-hybridized carbons (Fsp3) is 0.529. The van der Waals surface area contributed by atoms with Gasteiger partial charge in [-0.2, -0.15) is 0 Å². The van der Waals surface area contributed by atoms with Crippen LogP contribution in [0.2, 0.25) is 0 Å². The standard InChI is InChI=1S/C17H19NO4/c19-15(11-1-2-12-9-22-10-13(12)7-11)18-5-3-17(4-6-18)8-14(17)16(20)21/h1-2,7,14H,3-6,8-10H2,(H,20,21). The number of amides is 1. The third-order valence-corrected chi connectivity index (χ3v) is 5.50. The van der Waals surface area contributed by atoms with Gasteiger partial charge in [-0.15, -0.1) is 0 Å². The average Bonchev–Trinajstić information content (AvgIpc) is 3.03. The Bertz CT molecular complexity index is 646. The van der Waals surface area contributed by atoms with Crippen molar-refractivity contribution < 1.29 is 19.4 Å². The van der Waals surface area contributed by atoms with E-state index in [0.717, 1.165) is 30.4 Å². The molecule has 1 N–H and O–H groups in total. The Morgan fingerprint density at radius 1 is 1.18 bits per heavy atom. The number of hydrogen-bond donors (Lipinski definition) is 1. The molecule has 1 aromatic rings. The van der Waals surface area contributed by atoms with Crippen molar-refractivity contribution in [2.45, 2.75) is 32.5 Å². The number of piperidine rings is 1. The first kappa shape index (κ1) is 13.8. The van der Waals surface area contributed by atoms with Gasteiger partial charge in [0.05, 0.1) is 19.1 Å². The van der Waals surface area contributed by atoms with Gasteiger partial charge in [0.15, 0.2) is 0 Å². The number of carbonyl (C=O) groups excluding carboxylic acids is 1. The molecular weight excluding hydrogens is 282 g/mol. The number of benzene rings is 1. The highest BCUT2D eigenvalue weighted by Crippen LogP contribution is 2.59. The van der Waals surface area contributed by atoms with E-state index in [4.69, 9.17) is 9.84 Å². The molecule has 1 amide bonds. The summed E-state index contributed by atoms with van der Waals surface area (Å²) < 4.78 is 5.38. The van der Waals surface area contributed by atoms with Crippen LogP contribution in [0.3, 0.4) is 0 Å². The summed E-state index contributed by atoms with van der Waals surface area (Å²) in [6, 6.07) is 5.78. The van der Waals surface area contributed by atoms with E-state index in [0.29, 0.717) is 31.9 Å². The summed E-state index contributed by atoms with van der Waals surface area (Å²) in [5.41, 5.74) is 2.95. The lowest BCUT2D eigenvalue weighted by atomic mass is 9.90. The van der Waals surface area contributed by atoms with Gasteiger partial charge >= 0.3 is 5.97 Å². The van der Waals surface area contributed by atoms with Gasteiger partial charge in [-0.25, -0.2) is 0 Å². The van der Waals surface area contributed by atoms with Crippen LogP contribution in [0.1, 0.15) is 40.7 Å². The van der Waals surface area contributed by atoms with Crippen LogP contribution in [-0.2, 0) is 22.7 Å². The number of carboxylic acids is 1. The van der Waals surface area contributed by atoms with Crippen molar-refractivity contribution >= 4 is 11.9 Å². The molecule has 22 heavy (non-hydrogen) atoms. The highest BCUT2D eigenvalue weighted by atomic mass is 16.5. The largest absolute Gasteiger partial charge is 0.481 e. The zero-order valence-corrected chi connectivity index (χ0v) is 12.4. The molecule has 1 atom stereocenters. The van der Waals surface area contributed by atoms with Crippen LogP contribution < -0.4 is 0 Å². The number of ether oxygens (including phenoxy) is 1. The quantitative estimate of drug-likeness (QED) is 0.908. The molecule has 5 heteroatoms. The molecule has 3 aliphatic rings. The number of likely N-dealkylation sites (tertiary alicyclic amines) is 1. The van der Waals surface area contributed by atoms with Gasteiger partial charge in [-0.3, -0.25) is 9.59 Å². The van der Waals surface area contributed by atoms with Gasteiger partial charge in [0.1, 0.15) is 0 Å². The highest BCUT2D eigenvalue weighted by Gasteiger charge is 2.59. The summed E-state index contributed by atoms with van der Waals surface area (Å²) >= 11 is 0. The number of carboxylic acid groups (broad SMARTS) is 1. The van der Waals surface area contributed by atoms with E-state index >= 15 is 0 Å². The molecular formula is C17H19NO4. The minimum absolute atomic E-state index is 0.0333. The minimum Gasteiger partial charge on any atom is -0.481 e. The van der Waals surface area contributed by atoms with Crippen molar-refractivity contribution in [1.82, 2.24) is 4.90 Å². The molecule has 1 spiro atoms. The van der Waals surface area contributed by atoms with Crippen LogP contribution in [0.5, 0.6) is 0 Å². The summed E-state index contributed by atoms with van der Waals surface area (Å²) in [4.78, 5) is 25.6. The van der Waals surface area contributed by atoms with Crippen molar-refractivity contribution in [3.63, 3.8) is 0 Å². The molecule has 2 aliphatic heterocycles. The Labute approximate surface area is 128 Å². The van der Waals surface area contributed by atoms with E-state index in [1.165, 1.54) is 0 Å². The summed E-state index contributed by atoms with van der Waals surface area (Å²) in [7, 11) is 0. The molecule has 1 saturated carbocycles. The molecule has 2 fully saturated rings. The maximum Gasteiger partial charge on any atom is 0.307 e. The second-order valence-corrected chi connectivity index (χ2v) is 6.73. The fourth-order valence-electron chi connectivity index (χ4n) is 3.89. The molecule has 0 bridgehead atoms. The average molecular weight is 301 g/mol. The molecule has 2 heterocycles. The second kappa shape index (κ2) is 4.81. The van der Waals surface area contributed by atoms with E-state index in [9.17, 15) is 9.59 Å². The summed E-state index contributed by atoms with van der Waals surface area (Å²) in [6.07, 6.45) is 2.40. The van der Waals surface area contributed by atoms with E-state index in [1.54, 1.807) is 0 Å². The normalized spacial score (nSPS) is 25.1. The zero-order valence-electron chi connectivity index (χ0n) is 12.4. The fourth-order valence-corrected chi connectivity index (χ4v) is 3.89. The Morgan fingerprint density at radius 2 is 1.91 bits per heavy atom. The van der Waals surface area contributed by atoms with Crippen LogP contribution in [0.4, 0.5) is 0 Å². The van der Waals surface area contributed by atoms with Gasteiger partial charge in [-0.05, 0) is 47.9 Å². The van der Waals surface area contributed by atoms with Crippen molar-refractivity contribution in [3.8, 4) is 0 Å². The van der Waals surface area contributed by atoms with E-state index < -0.39 is 5.97 Å². The summed E-state index contributed by atoms with van der Waals surface area (Å²) in [5, 5.41) is 9.12. The number of carbonyl (C=O) groups is 2. The summed E-state index contributed by atoms with van der Waals surface area (Å²) in [6.45, 7) is 2.54. The third-order valence-electron chi connectivity index (χ3n) is 5.50. The predicted octanol–water partition coefficient (Wildman–Crippen LogP) is 2.04. The van der Waals surface area contributed by atoms with Gasteiger partial charge in [0, 0.05) is 18.7 Å². The van der Waals surface area contributed by atoms with Gasteiger partial charge in [0.25, 0.3) is 5.91 Å². The third kappa shape index (κ3) is 2.11. The lowest BCUT2D eigenvalue weighted by molar-refractivity contribution is -0.139. The van der Waals surface area contributed by atoms with Crippen LogP contribution in [0, 0.1) is 11.3 Å². The monoisotopic (exact) mass is 301 g/mol. The zero-order chi connectivity index (χ0) is 15.3. The van der Waals surface area contributed by atoms with E-state index in [2.05, 4.69) is 0 Å². The molecule has 116 valence electrons. The summed E-state index contributed by atoms with van der Waals surface area (Å²) in [5.74, 6) is -0.822. The number of hydrogen-bond acceptors (Lipinski definition) is 3. The first-order valence-electron chi connectivity index (χ1n) is 7.81. The highest BCUT2D eigenvalue weighted by molar-refractivity contribution is 5.94. The van der Waals surface area contributed by atoms with Gasteiger partial charge in [0.2, 0.25) is 0 Å². The number of aliphatic carboxylic acids is 1. The molecule has 1 saturated heterocycles. The van der Waals surface area contributed by atoms with Gasteiger partial charge in [-0.1, -0.05) is 6.07 Å². The van der Waals surface area contributed by atoms with Crippen molar-refractivity contribution in [2.24, 2.45) is 11.3 Å². The number of rotatable bonds is 2. The SMILES string of the molecule is O=C(O)C1CC12CCN(C(=O)c1ccc3c(c1)COC3)CC2. The Hall–Kier alpha value is -1.88. The maximum absolute atomic E-state index is 12.6. The topological polar surface area (TPSA) is 66.8 Å². The van der Waals surface area contributed by atoms with Crippen LogP contribution in [-0.4, -0.2) is 35.0 Å².